The fourth-order valence-corrected chi connectivity index (χ4v) is 8.92. The standard InChI is InChI=1S/C43H49ClN10O6S/c1-50(61-3)33-9-5-4-8-31(33)46-39-30(44)26-45-43(49-39)47-32-12-11-28(25-36(32)59-2)52-17-15-27(16-18-52)53-21-19-51(20-22-53)23-24-60-35-10-6-7-29-38(35)42(58)54(41(29)57)34-13-14-37(55)48-40(34)56/h4-12,25-27,34H,13-24H2,1-3H3,(H,48,55,56)(H2,45,46,47,49). The molecule has 0 radical (unpaired) electrons. The fourth-order valence-electron chi connectivity index (χ4n) is 8.43. The lowest BCUT2D eigenvalue weighted by Gasteiger charge is -2.43. The normalized spacial score (nSPS) is 18.9. The highest BCUT2D eigenvalue weighted by Crippen LogP contribution is 2.37. The van der Waals surface area contributed by atoms with Crippen molar-refractivity contribution < 1.29 is 28.7 Å². The summed E-state index contributed by atoms with van der Waals surface area (Å²) in [4.78, 5) is 68.2. The Morgan fingerprint density at radius 2 is 1.69 bits per heavy atom. The molecule has 0 saturated carbocycles. The van der Waals surface area contributed by atoms with Crippen molar-refractivity contribution in [1.29, 1.82) is 0 Å². The maximum atomic E-state index is 13.4. The van der Waals surface area contributed by atoms with Gasteiger partial charge in [-0.25, -0.2) is 4.98 Å². The molecule has 1 unspecified atom stereocenters. The molecule has 16 nitrogen and oxygen atoms in total. The molecule has 0 aliphatic carbocycles. The summed E-state index contributed by atoms with van der Waals surface area (Å²) in [5, 5.41) is 9.31. The predicted molar refractivity (Wildman–Crippen MR) is 237 cm³/mol. The van der Waals surface area contributed by atoms with Gasteiger partial charge in [-0.2, -0.15) is 4.98 Å². The molecule has 1 aromatic heterocycles. The van der Waals surface area contributed by atoms with Gasteiger partial charge in [-0.3, -0.25) is 39.2 Å². The van der Waals surface area contributed by atoms with Gasteiger partial charge in [0.2, 0.25) is 17.8 Å². The Hall–Kier alpha value is -5.62. The van der Waals surface area contributed by atoms with Crippen molar-refractivity contribution in [2.75, 3.05) is 92.7 Å². The Morgan fingerprint density at radius 1 is 0.902 bits per heavy atom. The van der Waals surface area contributed by atoms with E-state index in [1.165, 1.54) is 0 Å². The number of piperidine rings is 2. The minimum absolute atomic E-state index is 0.0695. The van der Waals surface area contributed by atoms with Gasteiger partial charge < -0.3 is 29.3 Å². The molecule has 18 heteroatoms. The zero-order chi connectivity index (χ0) is 42.6. The molecule has 8 rings (SSSR count). The zero-order valence-corrected chi connectivity index (χ0v) is 35.9. The molecule has 3 N–H and O–H groups in total. The van der Waals surface area contributed by atoms with Crippen LogP contribution in [0.1, 0.15) is 46.4 Å². The number of imide groups is 2. The molecule has 0 spiro atoms. The van der Waals surface area contributed by atoms with Crippen LogP contribution in [0.25, 0.3) is 0 Å². The first kappa shape index (κ1) is 42.1. The van der Waals surface area contributed by atoms with Gasteiger partial charge in [0.1, 0.15) is 29.2 Å². The van der Waals surface area contributed by atoms with Crippen LogP contribution in [-0.4, -0.2) is 133 Å². The van der Waals surface area contributed by atoms with Crippen molar-refractivity contribution >= 4 is 81.7 Å². The summed E-state index contributed by atoms with van der Waals surface area (Å²) in [6.07, 6.45) is 5.87. The molecule has 3 fully saturated rings. The number of halogens is 1. The topological polar surface area (TPSA) is 165 Å². The van der Waals surface area contributed by atoms with Crippen molar-refractivity contribution in [2.45, 2.75) is 37.8 Å². The molecule has 5 heterocycles. The number of benzene rings is 3. The first-order valence-corrected chi connectivity index (χ1v) is 22.0. The number of fused-ring (bicyclic) bond motifs is 1. The molecule has 0 bridgehead atoms. The van der Waals surface area contributed by atoms with Crippen molar-refractivity contribution in [3.63, 3.8) is 0 Å². The summed E-state index contributed by atoms with van der Waals surface area (Å²) in [5.74, 6) is -0.265. The third kappa shape index (κ3) is 9.05. The molecule has 320 valence electrons. The lowest BCUT2D eigenvalue weighted by atomic mass is 10.0. The van der Waals surface area contributed by atoms with Crippen molar-refractivity contribution in [2.24, 2.45) is 0 Å². The van der Waals surface area contributed by atoms with Gasteiger partial charge in [0.15, 0.2) is 5.82 Å². The summed E-state index contributed by atoms with van der Waals surface area (Å²) in [7, 11) is 3.66. The van der Waals surface area contributed by atoms with E-state index < -0.39 is 29.7 Å². The van der Waals surface area contributed by atoms with Crippen molar-refractivity contribution in [3.8, 4) is 11.5 Å². The number of aromatic nitrogens is 2. The Balaban J connectivity index is 0.804. The zero-order valence-electron chi connectivity index (χ0n) is 34.4. The minimum atomic E-state index is -1.02. The minimum Gasteiger partial charge on any atom is -0.494 e. The smallest absolute Gasteiger partial charge is 0.266 e. The second-order valence-corrected chi connectivity index (χ2v) is 16.6. The summed E-state index contributed by atoms with van der Waals surface area (Å²) in [6.45, 7) is 6.61. The first-order valence-electron chi connectivity index (χ1n) is 20.4. The highest BCUT2D eigenvalue weighted by atomic mass is 35.5. The highest BCUT2D eigenvalue weighted by Gasteiger charge is 2.46. The number of carbonyl (C=O) groups excluding carboxylic acids is 4. The van der Waals surface area contributed by atoms with Crippen LogP contribution < -0.4 is 34.6 Å². The number of hydrogen-bond acceptors (Lipinski definition) is 15. The summed E-state index contributed by atoms with van der Waals surface area (Å²) in [5.41, 5.74) is 4.10. The van der Waals surface area contributed by atoms with Crippen LogP contribution in [-0.2, 0) is 9.59 Å². The van der Waals surface area contributed by atoms with Gasteiger partial charge in [0, 0.05) is 83.3 Å². The summed E-state index contributed by atoms with van der Waals surface area (Å²) < 4.78 is 14.0. The van der Waals surface area contributed by atoms with Crippen LogP contribution in [0.4, 0.5) is 34.5 Å². The van der Waals surface area contributed by atoms with Gasteiger partial charge in [-0.05, 0) is 55.7 Å². The van der Waals surface area contributed by atoms with E-state index in [2.05, 4.69) is 57.1 Å². The Labute approximate surface area is 364 Å². The average molecular weight is 869 g/mol. The van der Waals surface area contributed by atoms with Gasteiger partial charge in [-0.1, -0.05) is 41.7 Å². The van der Waals surface area contributed by atoms with E-state index in [0.717, 1.165) is 79.8 Å². The second kappa shape index (κ2) is 18.6. The van der Waals surface area contributed by atoms with Gasteiger partial charge in [0.25, 0.3) is 11.8 Å². The van der Waals surface area contributed by atoms with Crippen LogP contribution >= 0.6 is 23.5 Å². The first-order chi connectivity index (χ1) is 29.6. The number of amides is 4. The average Bonchev–Trinajstić information content (AvgIpc) is 3.54. The molecule has 1 atom stereocenters. The maximum Gasteiger partial charge on any atom is 0.266 e. The molecule has 4 aromatic rings. The SMILES string of the molecule is COc1cc(N2CCC(N3CCN(CCOc4cccc5c4C(=O)N(C4CCC(=O)NC4=O)C5=O)CC3)CC2)ccc1Nc1ncc(Cl)c(Nc2ccccc2N(C)SC)n1. The largest absolute Gasteiger partial charge is 0.494 e. The number of anilines is 6. The van der Waals surface area contributed by atoms with Gasteiger partial charge in [-0.15, -0.1) is 0 Å². The predicted octanol–water partition coefficient (Wildman–Crippen LogP) is 5.41. The molecule has 4 aliphatic rings. The second-order valence-electron chi connectivity index (χ2n) is 15.3. The van der Waals surface area contributed by atoms with E-state index >= 15 is 0 Å². The lowest BCUT2D eigenvalue weighted by Crippen LogP contribution is -2.54. The van der Waals surface area contributed by atoms with Crippen LogP contribution in [0.15, 0.2) is 66.9 Å². The van der Waals surface area contributed by atoms with E-state index in [-0.39, 0.29) is 24.0 Å². The van der Waals surface area contributed by atoms with E-state index in [4.69, 9.17) is 21.1 Å². The van der Waals surface area contributed by atoms with Crippen LogP contribution in [0, 0.1) is 0 Å². The number of hydrogen-bond donors (Lipinski definition) is 3. The third-order valence-corrected chi connectivity index (χ3v) is 12.8. The molecule has 3 aromatic carbocycles. The quantitative estimate of drug-likeness (QED) is 0.109. The van der Waals surface area contributed by atoms with Crippen molar-refractivity contribution in [1.82, 2.24) is 30.0 Å². The lowest BCUT2D eigenvalue weighted by molar-refractivity contribution is -0.136. The Kier molecular flexibility index (Phi) is 12.8. The molecule has 4 aliphatic heterocycles. The Bertz CT molecular complexity index is 2300. The van der Waals surface area contributed by atoms with Crippen LogP contribution in [0.5, 0.6) is 11.5 Å². The molecule has 3 saturated heterocycles. The molecular weight excluding hydrogens is 820 g/mol. The number of ether oxygens (including phenoxy) is 2. The third-order valence-electron chi connectivity index (χ3n) is 11.8. The maximum absolute atomic E-state index is 13.4. The number of rotatable bonds is 14. The van der Waals surface area contributed by atoms with Gasteiger partial charge in [0.05, 0.1) is 41.5 Å². The molecular formula is C43H49ClN10O6S. The summed E-state index contributed by atoms with van der Waals surface area (Å²) >= 11 is 8.13. The van der Waals surface area contributed by atoms with Gasteiger partial charge >= 0.3 is 0 Å². The number of para-hydroxylation sites is 2. The van der Waals surface area contributed by atoms with E-state index in [0.29, 0.717) is 47.5 Å². The van der Waals surface area contributed by atoms with E-state index in [1.54, 1.807) is 43.5 Å². The van der Waals surface area contributed by atoms with E-state index in [9.17, 15) is 19.2 Å². The Morgan fingerprint density at radius 3 is 2.44 bits per heavy atom. The van der Waals surface area contributed by atoms with Crippen LogP contribution in [0.2, 0.25) is 5.02 Å². The monoisotopic (exact) mass is 868 g/mol. The van der Waals surface area contributed by atoms with Crippen LogP contribution in [0.3, 0.4) is 0 Å². The highest BCUT2D eigenvalue weighted by molar-refractivity contribution is 7.99. The number of nitrogens with one attached hydrogen (secondary N) is 3. The molecule has 4 amide bonds. The number of piperazine rings is 1. The number of carbonyl (C=O) groups is 4. The number of methoxy groups -OCH3 is 1. The molecule has 61 heavy (non-hydrogen) atoms. The van der Waals surface area contributed by atoms with E-state index in [1.807, 2.05) is 43.6 Å². The van der Waals surface area contributed by atoms with Crippen molar-refractivity contribution in [3.05, 3.63) is 83.0 Å². The number of nitrogens with zero attached hydrogens (tertiary/aromatic N) is 7. The fraction of sp³-hybridized carbons (Fsp3) is 0.395. The summed E-state index contributed by atoms with van der Waals surface area (Å²) in [6, 6.07) is 18.5.